The molecule has 4 nitrogen and oxygen atoms in total. The van der Waals surface area contributed by atoms with E-state index in [-0.39, 0.29) is 11.5 Å². The summed E-state index contributed by atoms with van der Waals surface area (Å²) >= 11 is 1.51. The zero-order valence-corrected chi connectivity index (χ0v) is 13.5. The van der Waals surface area contributed by atoms with Crippen molar-refractivity contribution in [3.05, 3.63) is 56.8 Å². The molecule has 1 heterocycles. The Balaban J connectivity index is 1.97. The molecule has 0 bridgehead atoms. The first-order chi connectivity index (χ1) is 10.5. The largest absolute Gasteiger partial charge is 0.478 e. The number of thiophene rings is 1. The summed E-state index contributed by atoms with van der Waals surface area (Å²) in [7, 11) is 0. The number of carboxylic acid groups (broad SMARTS) is 1. The fraction of sp³-hybridized carbons (Fsp3) is 0.294. The Morgan fingerprint density at radius 3 is 2.50 bits per heavy atom. The van der Waals surface area contributed by atoms with Crippen LogP contribution in [0, 0.1) is 6.92 Å². The third kappa shape index (κ3) is 3.95. The molecule has 0 saturated carbocycles. The minimum absolute atomic E-state index is 0.0854. The number of aryl methyl sites for hydroxylation is 2. The summed E-state index contributed by atoms with van der Waals surface area (Å²) in [4.78, 5) is 24.9. The van der Waals surface area contributed by atoms with Crippen LogP contribution in [0.4, 0.5) is 0 Å². The summed E-state index contributed by atoms with van der Waals surface area (Å²) in [5.74, 6) is -1.04. The Morgan fingerprint density at radius 1 is 1.23 bits per heavy atom. The lowest BCUT2D eigenvalue weighted by Gasteiger charge is -2.04. The molecule has 0 saturated heterocycles. The van der Waals surface area contributed by atoms with Crippen molar-refractivity contribution >= 4 is 23.2 Å². The van der Waals surface area contributed by atoms with Gasteiger partial charge in [-0.05, 0) is 42.7 Å². The molecule has 0 aliphatic heterocycles. The molecule has 0 aliphatic carbocycles. The van der Waals surface area contributed by atoms with E-state index in [1.54, 1.807) is 24.3 Å². The van der Waals surface area contributed by atoms with Gasteiger partial charge in [0.15, 0.2) is 0 Å². The fourth-order valence-corrected chi connectivity index (χ4v) is 3.17. The Hall–Kier alpha value is -2.14. The van der Waals surface area contributed by atoms with Gasteiger partial charge in [0.2, 0.25) is 0 Å². The molecule has 1 aromatic carbocycles. The molecular weight excluding hydrogens is 298 g/mol. The van der Waals surface area contributed by atoms with Gasteiger partial charge >= 0.3 is 5.97 Å². The van der Waals surface area contributed by atoms with Crippen LogP contribution in [0.15, 0.2) is 30.3 Å². The number of rotatable bonds is 6. The summed E-state index contributed by atoms with van der Waals surface area (Å²) in [6.07, 6.45) is 2.06. The van der Waals surface area contributed by atoms with E-state index in [2.05, 4.69) is 12.2 Å². The molecule has 0 unspecified atom stereocenters. The van der Waals surface area contributed by atoms with E-state index in [1.165, 1.54) is 21.8 Å². The van der Waals surface area contributed by atoms with Crippen LogP contribution < -0.4 is 5.32 Å². The highest BCUT2D eigenvalue weighted by Gasteiger charge is 2.12. The second kappa shape index (κ2) is 7.22. The second-order valence-corrected chi connectivity index (χ2v) is 6.38. The highest BCUT2D eigenvalue weighted by atomic mass is 32.1. The van der Waals surface area contributed by atoms with Gasteiger partial charge in [0, 0.05) is 11.4 Å². The van der Waals surface area contributed by atoms with Crippen molar-refractivity contribution in [2.45, 2.75) is 33.2 Å². The number of carboxylic acids is 1. The van der Waals surface area contributed by atoms with Crippen LogP contribution in [-0.2, 0) is 13.0 Å². The van der Waals surface area contributed by atoms with Gasteiger partial charge in [-0.1, -0.05) is 25.5 Å². The number of hydrogen-bond donors (Lipinski definition) is 2. The molecule has 1 aromatic heterocycles. The van der Waals surface area contributed by atoms with Crippen molar-refractivity contribution in [3.63, 3.8) is 0 Å². The van der Waals surface area contributed by atoms with Crippen LogP contribution in [0.25, 0.3) is 0 Å². The van der Waals surface area contributed by atoms with Gasteiger partial charge in [0.1, 0.15) is 0 Å². The minimum atomic E-state index is -0.951. The second-order valence-electron chi connectivity index (χ2n) is 5.13. The van der Waals surface area contributed by atoms with Crippen molar-refractivity contribution in [1.29, 1.82) is 0 Å². The van der Waals surface area contributed by atoms with E-state index in [9.17, 15) is 9.59 Å². The summed E-state index contributed by atoms with van der Waals surface area (Å²) in [6, 6.07) is 8.47. The Bertz CT molecular complexity index is 674. The topological polar surface area (TPSA) is 66.4 Å². The first kappa shape index (κ1) is 16.2. The smallest absolute Gasteiger partial charge is 0.335 e. The predicted molar refractivity (Wildman–Crippen MR) is 87.6 cm³/mol. The summed E-state index contributed by atoms with van der Waals surface area (Å²) < 4.78 is 0. The summed E-state index contributed by atoms with van der Waals surface area (Å²) in [6.45, 7) is 4.55. The number of nitrogens with one attached hydrogen (secondary N) is 1. The molecule has 0 spiro atoms. The van der Waals surface area contributed by atoms with Gasteiger partial charge in [-0.3, -0.25) is 4.79 Å². The first-order valence-electron chi connectivity index (χ1n) is 7.21. The van der Waals surface area contributed by atoms with Gasteiger partial charge in [-0.15, -0.1) is 11.3 Å². The molecule has 1 amide bonds. The van der Waals surface area contributed by atoms with Gasteiger partial charge in [-0.25, -0.2) is 4.79 Å². The normalized spacial score (nSPS) is 10.5. The maximum Gasteiger partial charge on any atom is 0.335 e. The summed E-state index contributed by atoms with van der Waals surface area (Å²) in [5.41, 5.74) is 2.36. The van der Waals surface area contributed by atoms with Gasteiger partial charge in [0.25, 0.3) is 5.91 Å². The van der Waals surface area contributed by atoms with Crippen molar-refractivity contribution < 1.29 is 14.7 Å². The number of aromatic carboxylic acids is 1. The van der Waals surface area contributed by atoms with Gasteiger partial charge in [-0.2, -0.15) is 0 Å². The van der Waals surface area contributed by atoms with Crippen molar-refractivity contribution in [1.82, 2.24) is 5.32 Å². The molecule has 0 fully saturated rings. The molecule has 22 heavy (non-hydrogen) atoms. The molecule has 5 heteroatoms. The molecule has 2 N–H and O–H groups in total. The van der Waals surface area contributed by atoms with Crippen LogP contribution in [0.2, 0.25) is 0 Å². The molecule has 0 radical (unpaired) electrons. The lowest BCUT2D eigenvalue weighted by Crippen LogP contribution is -2.21. The quantitative estimate of drug-likeness (QED) is 0.855. The molecule has 0 aliphatic rings. The summed E-state index contributed by atoms with van der Waals surface area (Å²) in [5, 5.41) is 11.7. The third-order valence-electron chi connectivity index (χ3n) is 3.42. The van der Waals surface area contributed by atoms with E-state index in [0.717, 1.165) is 23.3 Å². The van der Waals surface area contributed by atoms with Gasteiger partial charge in [0.05, 0.1) is 10.4 Å². The maximum absolute atomic E-state index is 12.2. The number of hydrogen-bond acceptors (Lipinski definition) is 3. The zero-order valence-electron chi connectivity index (χ0n) is 12.7. The van der Waals surface area contributed by atoms with E-state index >= 15 is 0 Å². The molecular formula is C17H19NO3S. The zero-order chi connectivity index (χ0) is 16.1. The minimum Gasteiger partial charge on any atom is -0.478 e. The predicted octanol–water partition coefficient (Wildman–Crippen LogP) is 3.64. The van der Waals surface area contributed by atoms with Gasteiger partial charge < -0.3 is 10.4 Å². The fourth-order valence-electron chi connectivity index (χ4n) is 2.18. The van der Waals surface area contributed by atoms with Crippen LogP contribution in [0.5, 0.6) is 0 Å². The van der Waals surface area contributed by atoms with Crippen molar-refractivity contribution in [2.24, 2.45) is 0 Å². The lowest BCUT2D eigenvalue weighted by atomic mass is 10.1. The average molecular weight is 317 g/mol. The highest BCUT2D eigenvalue weighted by molar-refractivity contribution is 7.14. The Labute approximate surface area is 133 Å². The van der Waals surface area contributed by atoms with Crippen LogP contribution >= 0.6 is 11.3 Å². The number of amides is 1. The molecule has 116 valence electrons. The van der Waals surface area contributed by atoms with E-state index in [1.807, 2.05) is 13.0 Å². The van der Waals surface area contributed by atoms with E-state index in [0.29, 0.717) is 6.54 Å². The maximum atomic E-state index is 12.2. The lowest BCUT2D eigenvalue weighted by molar-refractivity contribution is 0.0696. The molecule has 2 aromatic rings. The van der Waals surface area contributed by atoms with Crippen molar-refractivity contribution in [3.8, 4) is 0 Å². The monoisotopic (exact) mass is 317 g/mol. The van der Waals surface area contributed by atoms with Crippen LogP contribution in [0.1, 0.15) is 49.4 Å². The van der Waals surface area contributed by atoms with E-state index in [4.69, 9.17) is 5.11 Å². The van der Waals surface area contributed by atoms with Crippen LogP contribution in [-0.4, -0.2) is 17.0 Å². The molecule has 2 rings (SSSR count). The number of carbonyl (C=O) groups excluding carboxylic acids is 1. The number of benzene rings is 1. The first-order valence-corrected chi connectivity index (χ1v) is 8.02. The Morgan fingerprint density at radius 2 is 1.91 bits per heavy atom. The van der Waals surface area contributed by atoms with Crippen molar-refractivity contribution in [2.75, 3.05) is 0 Å². The van der Waals surface area contributed by atoms with E-state index < -0.39 is 5.97 Å². The number of carbonyl (C=O) groups is 2. The highest BCUT2D eigenvalue weighted by Crippen LogP contribution is 2.22. The average Bonchev–Trinajstić information content (AvgIpc) is 2.87. The third-order valence-corrected chi connectivity index (χ3v) is 4.51. The molecule has 0 atom stereocenters. The standard InChI is InChI=1S/C17H19NO3S/c1-3-4-14-9-15(22-11(14)2)16(19)18-10-12-5-7-13(8-6-12)17(20)21/h5-9H,3-4,10H2,1-2H3,(H,18,19)(H,20,21). The Kier molecular flexibility index (Phi) is 5.33. The van der Waals surface area contributed by atoms with Crippen LogP contribution in [0.3, 0.4) is 0 Å². The SMILES string of the molecule is CCCc1cc(C(=O)NCc2ccc(C(=O)O)cc2)sc1C.